The smallest absolute Gasteiger partial charge is 0.131 e. The SMILES string of the molecule is CCNCc1cc(Br)ccc1Oc1cccc(OC)c1. The number of halogens is 1. The van der Waals surface area contributed by atoms with Gasteiger partial charge in [-0.2, -0.15) is 0 Å². The largest absolute Gasteiger partial charge is 0.497 e. The van der Waals surface area contributed by atoms with E-state index in [4.69, 9.17) is 9.47 Å². The van der Waals surface area contributed by atoms with Crippen LogP contribution >= 0.6 is 15.9 Å². The molecule has 4 heteroatoms. The van der Waals surface area contributed by atoms with E-state index in [2.05, 4.69) is 34.2 Å². The summed E-state index contributed by atoms with van der Waals surface area (Å²) in [5.74, 6) is 2.40. The Morgan fingerprint density at radius 1 is 1.10 bits per heavy atom. The van der Waals surface area contributed by atoms with Crippen molar-refractivity contribution in [2.45, 2.75) is 13.5 Å². The number of hydrogen-bond donors (Lipinski definition) is 1. The number of methoxy groups -OCH3 is 1. The van der Waals surface area contributed by atoms with Crippen molar-refractivity contribution < 1.29 is 9.47 Å². The first-order valence-corrected chi connectivity index (χ1v) is 7.33. The van der Waals surface area contributed by atoms with E-state index in [-0.39, 0.29) is 0 Å². The number of hydrogen-bond acceptors (Lipinski definition) is 3. The molecule has 1 N–H and O–H groups in total. The summed E-state index contributed by atoms with van der Waals surface area (Å²) in [4.78, 5) is 0. The molecule has 2 aromatic rings. The Bertz CT molecular complexity index is 572. The molecular weight excluding hydrogens is 318 g/mol. The van der Waals surface area contributed by atoms with Crippen LogP contribution in [0, 0.1) is 0 Å². The Hall–Kier alpha value is -1.52. The molecule has 106 valence electrons. The van der Waals surface area contributed by atoms with Crippen molar-refractivity contribution >= 4 is 15.9 Å². The van der Waals surface area contributed by atoms with E-state index in [1.54, 1.807) is 7.11 Å². The fourth-order valence-electron chi connectivity index (χ4n) is 1.84. The second-order valence-electron chi connectivity index (χ2n) is 4.31. The summed E-state index contributed by atoms with van der Waals surface area (Å²) >= 11 is 3.49. The maximum atomic E-state index is 5.96. The monoisotopic (exact) mass is 335 g/mol. The van der Waals surface area contributed by atoms with Gasteiger partial charge in [-0.25, -0.2) is 0 Å². The number of rotatable bonds is 6. The van der Waals surface area contributed by atoms with Crippen molar-refractivity contribution in [3.05, 3.63) is 52.5 Å². The summed E-state index contributed by atoms with van der Waals surface area (Å²) in [7, 11) is 1.65. The zero-order chi connectivity index (χ0) is 14.4. The van der Waals surface area contributed by atoms with Crippen LogP contribution in [0.15, 0.2) is 46.9 Å². The zero-order valence-corrected chi connectivity index (χ0v) is 13.2. The second-order valence-corrected chi connectivity index (χ2v) is 5.23. The molecule has 0 saturated heterocycles. The highest BCUT2D eigenvalue weighted by Gasteiger charge is 2.06. The summed E-state index contributed by atoms with van der Waals surface area (Å²) in [6.45, 7) is 3.78. The van der Waals surface area contributed by atoms with Crippen molar-refractivity contribution in [2.24, 2.45) is 0 Å². The maximum Gasteiger partial charge on any atom is 0.131 e. The minimum absolute atomic E-state index is 0.768. The molecule has 0 aliphatic carbocycles. The van der Waals surface area contributed by atoms with E-state index in [0.717, 1.165) is 40.4 Å². The summed E-state index contributed by atoms with van der Waals surface area (Å²) in [6, 6.07) is 13.6. The predicted octanol–water partition coefficient (Wildman–Crippen LogP) is 4.36. The van der Waals surface area contributed by atoms with Crippen molar-refractivity contribution in [3.8, 4) is 17.2 Å². The van der Waals surface area contributed by atoms with Gasteiger partial charge in [0.25, 0.3) is 0 Å². The Kier molecular flexibility index (Phi) is 5.44. The highest BCUT2D eigenvalue weighted by atomic mass is 79.9. The first-order chi connectivity index (χ1) is 9.72. The molecule has 0 aliphatic rings. The summed E-state index contributed by atoms with van der Waals surface area (Å²) in [6.07, 6.45) is 0. The van der Waals surface area contributed by atoms with Gasteiger partial charge in [0.05, 0.1) is 7.11 Å². The first kappa shape index (κ1) is 14.9. The summed E-state index contributed by atoms with van der Waals surface area (Å²) < 4.78 is 12.2. The van der Waals surface area contributed by atoms with Crippen LogP contribution in [0.3, 0.4) is 0 Å². The van der Waals surface area contributed by atoms with Crippen LogP contribution in [-0.2, 0) is 6.54 Å². The minimum Gasteiger partial charge on any atom is -0.497 e. The Balaban J connectivity index is 2.22. The topological polar surface area (TPSA) is 30.5 Å². The molecule has 0 spiro atoms. The lowest BCUT2D eigenvalue weighted by molar-refractivity contribution is 0.408. The van der Waals surface area contributed by atoms with Gasteiger partial charge in [-0.3, -0.25) is 0 Å². The van der Waals surface area contributed by atoms with Gasteiger partial charge >= 0.3 is 0 Å². The van der Waals surface area contributed by atoms with Gasteiger partial charge in [0.2, 0.25) is 0 Å². The highest BCUT2D eigenvalue weighted by Crippen LogP contribution is 2.29. The van der Waals surface area contributed by atoms with Gasteiger partial charge in [0.1, 0.15) is 17.2 Å². The van der Waals surface area contributed by atoms with Crippen LogP contribution in [-0.4, -0.2) is 13.7 Å². The number of ether oxygens (including phenoxy) is 2. The van der Waals surface area contributed by atoms with Crippen LogP contribution in [0.25, 0.3) is 0 Å². The van der Waals surface area contributed by atoms with Crippen LogP contribution in [0.2, 0.25) is 0 Å². The van der Waals surface area contributed by atoms with E-state index < -0.39 is 0 Å². The number of nitrogens with one attached hydrogen (secondary N) is 1. The maximum absolute atomic E-state index is 5.96. The van der Waals surface area contributed by atoms with Crippen LogP contribution in [0.1, 0.15) is 12.5 Å². The van der Waals surface area contributed by atoms with Crippen molar-refractivity contribution in [2.75, 3.05) is 13.7 Å². The van der Waals surface area contributed by atoms with E-state index in [1.165, 1.54) is 0 Å². The molecule has 0 unspecified atom stereocenters. The fourth-order valence-corrected chi connectivity index (χ4v) is 2.25. The zero-order valence-electron chi connectivity index (χ0n) is 11.7. The van der Waals surface area contributed by atoms with E-state index in [1.807, 2.05) is 36.4 Å². The lowest BCUT2D eigenvalue weighted by Crippen LogP contribution is -2.12. The van der Waals surface area contributed by atoms with E-state index >= 15 is 0 Å². The minimum atomic E-state index is 0.768. The highest BCUT2D eigenvalue weighted by molar-refractivity contribution is 9.10. The fraction of sp³-hybridized carbons (Fsp3) is 0.250. The van der Waals surface area contributed by atoms with Gasteiger partial charge in [0, 0.05) is 22.6 Å². The van der Waals surface area contributed by atoms with Gasteiger partial charge in [-0.05, 0) is 36.9 Å². The van der Waals surface area contributed by atoms with Gasteiger partial charge in [-0.15, -0.1) is 0 Å². The normalized spacial score (nSPS) is 10.3. The average molecular weight is 336 g/mol. The van der Waals surface area contributed by atoms with Crippen molar-refractivity contribution in [1.82, 2.24) is 5.32 Å². The molecule has 20 heavy (non-hydrogen) atoms. The molecular formula is C16H18BrNO2. The molecule has 0 atom stereocenters. The van der Waals surface area contributed by atoms with Crippen LogP contribution in [0.4, 0.5) is 0 Å². The first-order valence-electron chi connectivity index (χ1n) is 6.54. The van der Waals surface area contributed by atoms with Gasteiger partial charge in [-0.1, -0.05) is 28.9 Å². The van der Waals surface area contributed by atoms with E-state index in [9.17, 15) is 0 Å². The summed E-state index contributed by atoms with van der Waals surface area (Å²) in [5, 5.41) is 3.31. The Morgan fingerprint density at radius 3 is 2.65 bits per heavy atom. The van der Waals surface area contributed by atoms with Gasteiger partial charge < -0.3 is 14.8 Å². The van der Waals surface area contributed by atoms with Crippen molar-refractivity contribution in [1.29, 1.82) is 0 Å². The third kappa shape index (κ3) is 3.99. The lowest BCUT2D eigenvalue weighted by atomic mass is 10.2. The molecule has 0 saturated carbocycles. The van der Waals surface area contributed by atoms with E-state index in [0.29, 0.717) is 0 Å². The molecule has 0 aromatic heterocycles. The molecule has 2 rings (SSSR count). The van der Waals surface area contributed by atoms with Gasteiger partial charge in [0.15, 0.2) is 0 Å². The molecule has 0 amide bonds. The molecule has 2 aromatic carbocycles. The molecule has 3 nitrogen and oxygen atoms in total. The lowest BCUT2D eigenvalue weighted by Gasteiger charge is -2.12. The number of benzene rings is 2. The Morgan fingerprint density at radius 2 is 1.90 bits per heavy atom. The molecule has 0 radical (unpaired) electrons. The Labute approximate surface area is 128 Å². The third-order valence-electron chi connectivity index (χ3n) is 2.86. The van der Waals surface area contributed by atoms with Crippen molar-refractivity contribution in [3.63, 3.8) is 0 Å². The molecule has 0 heterocycles. The standard InChI is InChI=1S/C16H18BrNO2/c1-3-18-11-12-9-13(17)7-8-16(12)20-15-6-4-5-14(10-15)19-2/h4-10,18H,3,11H2,1-2H3. The molecule has 0 aliphatic heterocycles. The summed E-state index contributed by atoms with van der Waals surface area (Å²) in [5.41, 5.74) is 1.11. The van der Waals surface area contributed by atoms with Crippen LogP contribution < -0.4 is 14.8 Å². The van der Waals surface area contributed by atoms with Crippen LogP contribution in [0.5, 0.6) is 17.2 Å². The average Bonchev–Trinajstić information content (AvgIpc) is 2.47. The molecule has 0 bridgehead atoms. The predicted molar refractivity (Wildman–Crippen MR) is 84.6 cm³/mol. The molecule has 0 fully saturated rings. The quantitative estimate of drug-likeness (QED) is 0.850. The second kappa shape index (κ2) is 7.31. The third-order valence-corrected chi connectivity index (χ3v) is 3.35.